The number of carbonyl (C=O) groups excluding carboxylic acids is 2. The molecule has 0 saturated heterocycles. The average Bonchev–Trinajstić information content (AvgIpc) is 2.51. The summed E-state index contributed by atoms with van der Waals surface area (Å²) in [5, 5.41) is 5.65. The normalized spacial score (nSPS) is 11.5. The van der Waals surface area contributed by atoms with Crippen LogP contribution in [0.5, 0.6) is 5.75 Å². The van der Waals surface area contributed by atoms with Gasteiger partial charge in [-0.1, -0.05) is 27.5 Å². The molecular weight excluding hydrogens is 396 g/mol. The van der Waals surface area contributed by atoms with Gasteiger partial charge in [0.05, 0.1) is 10.7 Å². The quantitative estimate of drug-likeness (QED) is 0.763. The van der Waals surface area contributed by atoms with Crippen molar-refractivity contribution in [3.63, 3.8) is 0 Å². The van der Waals surface area contributed by atoms with E-state index in [-0.39, 0.29) is 11.8 Å². The zero-order chi connectivity index (χ0) is 17.7. The number of hydrogen-bond donors (Lipinski definition) is 2. The van der Waals surface area contributed by atoms with E-state index in [9.17, 15) is 9.59 Å². The molecule has 0 bridgehead atoms. The number of hydrogen-bond acceptors (Lipinski definition) is 3. The summed E-state index contributed by atoms with van der Waals surface area (Å²) in [4.78, 5) is 23.3. The number of halogens is 2. The lowest BCUT2D eigenvalue weighted by molar-refractivity contribution is -0.122. The zero-order valence-electron chi connectivity index (χ0n) is 13.1. The lowest BCUT2D eigenvalue weighted by Crippen LogP contribution is -2.30. The van der Waals surface area contributed by atoms with Gasteiger partial charge >= 0.3 is 0 Å². The van der Waals surface area contributed by atoms with Gasteiger partial charge < -0.3 is 15.4 Å². The van der Waals surface area contributed by atoms with Crippen molar-refractivity contribution in [1.82, 2.24) is 0 Å². The van der Waals surface area contributed by atoms with Crippen LogP contribution < -0.4 is 15.4 Å². The average molecular weight is 412 g/mol. The Labute approximate surface area is 153 Å². The van der Waals surface area contributed by atoms with Crippen molar-refractivity contribution >= 4 is 50.7 Å². The summed E-state index contributed by atoms with van der Waals surface area (Å²) in [6.45, 7) is 3.06. The highest BCUT2D eigenvalue weighted by Gasteiger charge is 2.16. The van der Waals surface area contributed by atoms with E-state index in [2.05, 4.69) is 26.6 Å². The number of rotatable bonds is 5. The van der Waals surface area contributed by atoms with Gasteiger partial charge in [0.2, 0.25) is 5.91 Å². The third-order valence-corrected chi connectivity index (χ3v) is 3.88. The molecule has 7 heteroatoms. The Kier molecular flexibility index (Phi) is 6.23. The molecule has 1 atom stereocenters. The molecule has 0 aliphatic heterocycles. The highest BCUT2D eigenvalue weighted by Crippen LogP contribution is 2.26. The van der Waals surface area contributed by atoms with E-state index in [1.54, 1.807) is 37.3 Å². The van der Waals surface area contributed by atoms with Crippen molar-refractivity contribution in [3.05, 3.63) is 52.0 Å². The van der Waals surface area contributed by atoms with Gasteiger partial charge in [-0.3, -0.25) is 9.59 Å². The zero-order valence-corrected chi connectivity index (χ0v) is 15.4. The van der Waals surface area contributed by atoms with Crippen molar-refractivity contribution in [3.8, 4) is 5.75 Å². The molecule has 2 aromatic carbocycles. The highest BCUT2D eigenvalue weighted by atomic mass is 79.9. The molecule has 0 heterocycles. The van der Waals surface area contributed by atoms with Crippen molar-refractivity contribution in [2.24, 2.45) is 0 Å². The van der Waals surface area contributed by atoms with Crippen LogP contribution in [-0.2, 0) is 9.59 Å². The van der Waals surface area contributed by atoms with Gasteiger partial charge in [-0.05, 0) is 49.4 Å². The molecule has 0 radical (unpaired) electrons. The topological polar surface area (TPSA) is 67.4 Å². The van der Waals surface area contributed by atoms with Gasteiger partial charge in [0.25, 0.3) is 5.91 Å². The lowest BCUT2D eigenvalue weighted by Gasteiger charge is -2.16. The van der Waals surface area contributed by atoms with Crippen LogP contribution in [0.3, 0.4) is 0 Å². The SMILES string of the molecule is CC(=O)Nc1ccc(NC(=O)C(C)Oc2ccc(Br)cc2)c(Cl)c1. The van der Waals surface area contributed by atoms with Crippen LogP contribution in [-0.4, -0.2) is 17.9 Å². The summed E-state index contributed by atoms with van der Waals surface area (Å²) in [6.07, 6.45) is -0.697. The monoisotopic (exact) mass is 410 g/mol. The minimum atomic E-state index is -0.697. The summed E-state index contributed by atoms with van der Waals surface area (Å²) >= 11 is 9.46. The number of nitrogens with one attached hydrogen (secondary N) is 2. The molecule has 2 amide bonds. The molecule has 0 aromatic heterocycles. The Morgan fingerprint density at radius 1 is 1.12 bits per heavy atom. The number of ether oxygens (including phenoxy) is 1. The first kappa shape index (κ1) is 18.3. The minimum absolute atomic E-state index is 0.195. The third kappa shape index (κ3) is 5.25. The summed E-state index contributed by atoms with van der Waals surface area (Å²) in [5.74, 6) is 0.0689. The first-order valence-electron chi connectivity index (χ1n) is 7.15. The smallest absolute Gasteiger partial charge is 0.265 e. The summed E-state index contributed by atoms with van der Waals surface area (Å²) in [7, 11) is 0. The van der Waals surface area contributed by atoms with Gasteiger partial charge in [0.15, 0.2) is 6.10 Å². The van der Waals surface area contributed by atoms with Crippen molar-refractivity contribution in [1.29, 1.82) is 0 Å². The van der Waals surface area contributed by atoms with Crippen molar-refractivity contribution < 1.29 is 14.3 Å². The van der Waals surface area contributed by atoms with Gasteiger partial charge in [-0.2, -0.15) is 0 Å². The van der Waals surface area contributed by atoms with E-state index in [0.717, 1.165) is 4.47 Å². The van der Waals surface area contributed by atoms with Gasteiger partial charge in [-0.15, -0.1) is 0 Å². The Hall–Kier alpha value is -2.05. The molecule has 2 rings (SSSR count). The van der Waals surface area contributed by atoms with Crippen LogP contribution >= 0.6 is 27.5 Å². The molecule has 5 nitrogen and oxygen atoms in total. The first-order valence-corrected chi connectivity index (χ1v) is 8.32. The fourth-order valence-electron chi connectivity index (χ4n) is 1.90. The molecule has 0 saturated carbocycles. The Morgan fingerprint density at radius 3 is 2.38 bits per heavy atom. The molecular formula is C17H16BrClN2O3. The predicted molar refractivity (Wildman–Crippen MR) is 98.6 cm³/mol. The summed E-state index contributed by atoms with van der Waals surface area (Å²) in [6, 6.07) is 12.0. The van der Waals surface area contributed by atoms with E-state index >= 15 is 0 Å². The van der Waals surface area contributed by atoms with Crippen LogP contribution in [0.1, 0.15) is 13.8 Å². The first-order chi connectivity index (χ1) is 11.3. The molecule has 1 unspecified atom stereocenters. The van der Waals surface area contributed by atoms with E-state index in [1.807, 2.05) is 12.1 Å². The summed E-state index contributed by atoms with van der Waals surface area (Å²) < 4.78 is 6.52. The number of benzene rings is 2. The van der Waals surface area contributed by atoms with Crippen molar-refractivity contribution in [2.75, 3.05) is 10.6 Å². The summed E-state index contributed by atoms with van der Waals surface area (Å²) in [5.41, 5.74) is 1.01. The van der Waals surface area contributed by atoms with Crippen LogP contribution in [0.2, 0.25) is 5.02 Å². The standard InChI is InChI=1S/C17H16BrClN2O3/c1-10(24-14-6-3-12(18)4-7-14)17(23)21-16-8-5-13(9-15(16)19)20-11(2)22/h3-10H,1-2H3,(H,20,22)(H,21,23). The number of amides is 2. The third-order valence-electron chi connectivity index (χ3n) is 3.04. The maximum absolute atomic E-state index is 12.2. The maximum atomic E-state index is 12.2. The second-order valence-corrected chi connectivity index (χ2v) is 6.40. The molecule has 0 spiro atoms. The van der Waals surface area contributed by atoms with Gasteiger partial charge in [0, 0.05) is 17.1 Å². The van der Waals surface area contributed by atoms with E-state index in [0.29, 0.717) is 22.1 Å². The van der Waals surface area contributed by atoms with Crippen LogP contribution in [0.15, 0.2) is 46.9 Å². The second kappa shape index (κ2) is 8.17. The predicted octanol–water partition coefficient (Wildman–Crippen LogP) is 4.47. The Balaban J connectivity index is 2.00. The molecule has 126 valence electrons. The van der Waals surface area contributed by atoms with Crippen LogP contribution in [0, 0.1) is 0 Å². The Bertz CT molecular complexity index is 750. The molecule has 0 fully saturated rings. The van der Waals surface area contributed by atoms with E-state index < -0.39 is 6.10 Å². The molecule has 0 aliphatic rings. The molecule has 0 aliphatic carbocycles. The number of carbonyl (C=O) groups is 2. The fraction of sp³-hybridized carbons (Fsp3) is 0.176. The minimum Gasteiger partial charge on any atom is -0.481 e. The van der Waals surface area contributed by atoms with Crippen LogP contribution in [0.25, 0.3) is 0 Å². The molecule has 2 N–H and O–H groups in total. The van der Waals surface area contributed by atoms with E-state index in [1.165, 1.54) is 6.92 Å². The second-order valence-electron chi connectivity index (χ2n) is 5.08. The fourth-order valence-corrected chi connectivity index (χ4v) is 2.39. The van der Waals surface area contributed by atoms with Gasteiger partial charge in [0.1, 0.15) is 5.75 Å². The highest BCUT2D eigenvalue weighted by molar-refractivity contribution is 9.10. The molecule has 24 heavy (non-hydrogen) atoms. The van der Waals surface area contributed by atoms with Crippen molar-refractivity contribution in [2.45, 2.75) is 20.0 Å². The van der Waals surface area contributed by atoms with E-state index in [4.69, 9.17) is 16.3 Å². The van der Waals surface area contributed by atoms with Crippen LogP contribution in [0.4, 0.5) is 11.4 Å². The lowest BCUT2D eigenvalue weighted by atomic mass is 10.2. The molecule has 2 aromatic rings. The largest absolute Gasteiger partial charge is 0.481 e. The maximum Gasteiger partial charge on any atom is 0.265 e. The Morgan fingerprint density at radius 2 is 1.79 bits per heavy atom. The number of anilines is 2. The van der Waals surface area contributed by atoms with Gasteiger partial charge in [-0.25, -0.2) is 0 Å².